The summed E-state index contributed by atoms with van der Waals surface area (Å²) in [7, 11) is 0. The number of hydrogen-bond acceptors (Lipinski definition) is 2. The number of carbonyl (C=O) groups is 1. The van der Waals surface area contributed by atoms with Crippen molar-refractivity contribution in [1.29, 1.82) is 0 Å². The second-order valence-electron chi connectivity index (χ2n) is 6.37. The maximum absolute atomic E-state index is 12.5. The average Bonchev–Trinajstić information content (AvgIpc) is 2.93. The van der Waals surface area contributed by atoms with Gasteiger partial charge in [0, 0.05) is 19.1 Å². The number of amides is 2. The van der Waals surface area contributed by atoms with Crippen molar-refractivity contribution >= 4 is 17.1 Å². The minimum atomic E-state index is 0.0743. The highest BCUT2D eigenvalue weighted by Crippen LogP contribution is 2.21. The van der Waals surface area contributed by atoms with E-state index in [1.165, 1.54) is 24.8 Å². The van der Waals surface area contributed by atoms with E-state index in [0.29, 0.717) is 12.6 Å². The summed E-state index contributed by atoms with van der Waals surface area (Å²) in [6, 6.07) is 8.62. The second kappa shape index (κ2) is 5.63. The predicted molar refractivity (Wildman–Crippen MR) is 85.5 cm³/mol. The topological polar surface area (TPSA) is 50.2 Å². The molecule has 0 saturated heterocycles. The van der Waals surface area contributed by atoms with Gasteiger partial charge in [-0.3, -0.25) is 0 Å². The molecule has 1 aromatic heterocycles. The van der Waals surface area contributed by atoms with Crippen LogP contribution in [0.5, 0.6) is 0 Å². The van der Waals surface area contributed by atoms with Crippen molar-refractivity contribution in [3.63, 3.8) is 0 Å². The Morgan fingerprint density at radius 1 is 1.14 bits per heavy atom. The number of urea groups is 1. The molecule has 2 aromatic rings. The molecule has 2 aliphatic rings. The molecule has 1 aliphatic heterocycles. The van der Waals surface area contributed by atoms with Crippen molar-refractivity contribution in [3.8, 4) is 0 Å². The zero-order valence-electron chi connectivity index (χ0n) is 12.8. The number of imidazole rings is 1. The summed E-state index contributed by atoms with van der Waals surface area (Å²) in [5, 5.41) is 3.20. The van der Waals surface area contributed by atoms with Crippen molar-refractivity contribution in [2.45, 2.75) is 51.2 Å². The third kappa shape index (κ3) is 2.45. The molecule has 4 rings (SSSR count). The molecule has 2 amide bonds. The Kier molecular flexibility index (Phi) is 3.48. The van der Waals surface area contributed by atoms with E-state index in [0.717, 1.165) is 37.3 Å². The summed E-state index contributed by atoms with van der Waals surface area (Å²) in [5.74, 6) is 0.992. The van der Waals surface area contributed by atoms with Gasteiger partial charge in [-0.15, -0.1) is 0 Å². The number of hydrogen-bond donors (Lipinski definition) is 1. The minimum Gasteiger partial charge on any atom is -0.335 e. The summed E-state index contributed by atoms with van der Waals surface area (Å²) < 4.78 is 2.24. The van der Waals surface area contributed by atoms with Crippen molar-refractivity contribution in [1.82, 2.24) is 19.8 Å². The lowest BCUT2D eigenvalue weighted by molar-refractivity contribution is 0.175. The number of rotatable bonds is 1. The molecule has 1 saturated carbocycles. The quantitative estimate of drug-likeness (QED) is 0.880. The van der Waals surface area contributed by atoms with E-state index in [2.05, 4.69) is 20.9 Å². The van der Waals surface area contributed by atoms with Crippen LogP contribution in [-0.2, 0) is 13.1 Å². The van der Waals surface area contributed by atoms with Gasteiger partial charge < -0.3 is 14.8 Å². The van der Waals surface area contributed by atoms with E-state index in [9.17, 15) is 4.79 Å². The van der Waals surface area contributed by atoms with E-state index < -0.39 is 0 Å². The summed E-state index contributed by atoms with van der Waals surface area (Å²) >= 11 is 0. The highest BCUT2D eigenvalue weighted by molar-refractivity contribution is 5.77. The van der Waals surface area contributed by atoms with Gasteiger partial charge in [-0.25, -0.2) is 9.78 Å². The SMILES string of the molecule is O=C(NC1CCCCC1)N1CCn2c(nc3ccccc32)C1. The van der Waals surface area contributed by atoms with E-state index in [-0.39, 0.29) is 6.03 Å². The smallest absolute Gasteiger partial charge is 0.318 e. The fourth-order valence-electron chi connectivity index (χ4n) is 3.65. The van der Waals surface area contributed by atoms with Crippen molar-refractivity contribution in [3.05, 3.63) is 30.1 Å². The van der Waals surface area contributed by atoms with Crippen molar-refractivity contribution in [2.24, 2.45) is 0 Å². The van der Waals surface area contributed by atoms with Gasteiger partial charge >= 0.3 is 6.03 Å². The molecule has 0 spiro atoms. The molecule has 1 aromatic carbocycles. The third-order valence-corrected chi connectivity index (χ3v) is 4.88. The summed E-state index contributed by atoms with van der Waals surface area (Å²) in [6.07, 6.45) is 6.03. The number of para-hydroxylation sites is 2. The first-order valence-electron chi connectivity index (χ1n) is 8.31. The number of benzene rings is 1. The maximum atomic E-state index is 12.5. The first-order chi connectivity index (χ1) is 10.8. The predicted octanol–water partition coefficient (Wildman–Crippen LogP) is 2.89. The fourth-order valence-corrected chi connectivity index (χ4v) is 3.65. The molecule has 22 heavy (non-hydrogen) atoms. The summed E-state index contributed by atoms with van der Waals surface area (Å²) in [6.45, 7) is 2.19. The maximum Gasteiger partial charge on any atom is 0.318 e. The van der Waals surface area contributed by atoms with Crippen LogP contribution in [0.25, 0.3) is 11.0 Å². The normalized spacial score (nSPS) is 19.2. The van der Waals surface area contributed by atoms with Crippen LogP contribution < -0.4 is 5.32 Å². The first-order valence-corrected chi connectivity index (χ1v) is 8.31. The molecular formula is C17H22N4O. The molecule has 5 nitrogen and oxygen atoms in total. The van der Waals surface area contributed by atoms with Gasteiger partial charge in [0.1, 0.15) is 5.82 Å². The van der Waals surface area contributed by atoms with Crippen LogP contribution in [0.1, 0.15) is 37.9 Å². The van der Waals surface area contributed by atoms with Crippen LogP contribution in [0.2, 0.25) is 0 Å². The molecule has 1 N–H and O–H groups in total. The van der Waals surface area contributed by atoms with Gasteiger partial charge in [-0.05, 0) is 25.0 Å². The highest BCUT2D eigenvalue weighted by atomic mass is 16.2. The summed E-state index contributed by atoms with van der Waals surface area (Å²) in [5.41, 5.74) is 2.19. The number of aromatic nitrogens is 2. The monoisotopic (exact) mass is 298 g/mol. The lowest BCUT2D eigenvalue weighted by atomic mass is 9.96. The van der Waals surface area contributed by atoms with Crippen LogP contribution in [0.3, 0.4) is 0 Å². The van der Waals surface area contributed by atoms with Gasteiger partial charge in [0.2, 0.25) is 0 Å². The second-order valence-corrected chi connectivity index (χ2v) is 6.37. The zero-order valence-corrected chi connectivity index (χ0v) is 12.8. The Morgan fingerprint density at radius 2 is 1.95 bits per heavy atom. The molecule has 5 heteroatoms. The van der Waals surface area contributed by atoms with Gasteiger partial charge in [0.05, 0.1) is 17.6 Å². The molecule has 1 aliphatic carbocycles. The van der Waals surface area contributed by atoms with E-state index in [4.69, 9.17) is 0 Å². The number of carbonyl (C=O) groups excluding carboxylic acids is 1. The largest absolute Gasteiger partial charge is 0.335 e. The lowest BCUT2D eigenvalue weighted by Gasteiger charge is -2.31. The Hall–Kier alpha value is -2.04. The van der Waals surface area contributed by atoms with Crippen LogP contribution in [0.4, 0.5) is 4.79 Å². The van der Waals surface area contributed by atoms with Gasteiger partial charge in [0.15, 0.2) is 0 Å². The Bertz CT molecular complexity index is 687. The first kappa shape index (κ1) is 13.6. The molecule has 0 unspecified atom stereocenters. The fraction of sp³-hybridized carbons (Fsp3) is 0.529. The third-order valence-electron chi connectivity index (χ3n) is 4.88. The van der Waals surface area contributed by atoms with Crippen molar-refractivity contribution < 1.29 is 4.79 Å². The van der Waals surface area contributed by atoms with E-state index in [1.807, 2.05) is 23.1 Å². The molecule has 0 atom stereocenters. The average molecular weight is 298 g/mol. The molecule has 116 valence electrons. The Labute approximate surface area is 130 Å². The molecule has 0 bridgehead atoms. The Balaban J connectivity index is 1.48. The summed E-state index contributed by atoms with van der Waals surface area (Å²) in [4.78, 5) is 19.0. The molecule has 1 fully saturated rings. The molecular weight excluding hydrogens is 276 g/mol. The van der Waals surface area contributed by atoms with Crippen LogP contribution >= 0.6 is 0 Å². The lowest BCUT2D eigenvalue weighted by Crippen LogP contribution is -2.48. The minimum absolute atomic E-state index is 0.0743. The van der Waals surface area contributed by atoms with E-state index >= 15 is 0 Å². The standard InChI is InChI=1S/C17H22N4O/c22-17(18-13-6-2-1-3-7-13)20-10-11-21-15-9-5-4-8-14(15)19-16(21)12-20/h4-5,8-9,13H,1-3,6-7,10-12H2,(H,18,22). The van der Waals surface area contributed by atoms with Crippen LogP contribution in [0.15, 0.2) is 24.3 Å². The number of fused-ring (bicyclic) bond motifs is 3. The zero-order chi connectivity index (χ0) is 14.9. The Morgan fingerprint density at radius 3 is 2.82 bits per heavy atom. The number of nitrogens with one attached hydrogen (secondary N) is 1. The van der Waals surface area contributed by atoms with Crippen LogP contribution in [0, 0.1) is 0 Å². The van der Waals surface area contributed by atoms with Gasteiger partial charge in [-0.2, -0.15) is 0 Å². The highest BCUT2D eigenvalue weighted by Gasteiger charge is 2.25. The van der Waals surface area contributed by atoms with E-state index in [1.54, 1.807) is 0 Å². The molecule has 2 heterocycles. The van der Waals surface area contributed by atoms with Crippen LogP contribution in [-0.4, -0.2) is 33.1 Å². The molecule has 0 radical (unpaired) electrons. The van der Waals surface area contributed by atoms with Gasteiger partial charge in [0.25, 0.3) is 0 Å². The van der Waals surface area contributed by atoms with Crippen molar-refractivity contribution in [2.75, 3.05) is 6.54 Å². The van der Waals surface area contributed by atoms with Gasteiger partial charge in [-0.1, -0.05) is 31.4 Å². The number of nitrogens with zero attached hydrogens (tertiary/aromatic N) is 3.